The Balaban J connectivity index is 0.000000717. The van der Waals surface area contributed by atoms with Gasteiger partial charge in [0.25, 0.3) is 10.0 Å². The van der Waals surface area contributed by atoms with Crippen molar-refractivity contribution < 1.29 is 33.0 Å². The average Bonchev–Trinajstić information content (AvgIpc) is 2.87. The largest absolute Gasteiger partial charge is 0.473 e. The van der Waals surface area contributed by atoms with Gasteiger partial charge in [-0.15, -0.1) is 0 Å². The fourth-order valence-corrected chi connectivity index (χ4v) is 5.30. The van der Waals surface area contributed by atoms with E-state index in [0.717, 1.165) is 32.7 Å². The number of halogens is 1. The maximum atomic E-state index is 13.2. The molecule has 1 aliphatic rings. The van der Waals surface area contributed by atoms with Crippen LogP contribution in [0.1, 0.15) is 13.8 Å². The van der Waals surface area contributed by atoms with Crippen molar-refractivity contribution >= 4 is 50.8 Å². The zero-order valence-corrected chi connectivity index (χ0v) is 22.2. The zero-order valence-electron chi connectivity index (χ0n) is 20.6. The van der Waals surface area contributed by atoms with Crippen LogP contribution < -0.4 is 9.62 Å². The van der Waals surface area contributed by atoms with E-state index in [9.17, 15) is 13.2 Å². The van der Waals surface area contributed by atoms with Crippen LogP contribution in [-0.4, -0.2) is 92.1 Å². The first-order valence-corrected chi connectivity index (χ1v) is 13.4. The summed E-state index contributed by atoms with van der Waals surface area (Å²) in [6, 6.07) is 13.3. The molecule has 1 heterocycles. The molecule has 13 heteroatoms. The highest BCUT2D eigenvalue weighted by molar-refractivity contribution is 7.92. The Morgan fingerprint density at radius 3 is 2.03 bits per heavy atom. The zero-order chi connectivity index (χ0) is 27.6. The van der Waals surface area contributed by atoms with Crippen LogP contribution in [0.15, 0.2) is 53.4 Å². The lowest BCUT2D eigenvalue weighted by atomic mass is 10.3. The quantitative estimate of drug-likeness (QED) is 0.418. The Bertz CT molecular complexity index is 1170. The van der Waals surface area contributed by atoms with Gasteiger partial charge in [0, 0.05) is 32.7 Å². The molecule has 0 aliphatic carbocycles. The van der Waals surface area contributed by atoms with Crippen molar-refractivity contribution in [3.8, 4) is 0 Å². The molecule has 1 saturated heterocycles. The summed E-state index contributed by atoms with van der Waals surface area (Å²) in [7, 11) is -3.81. The number of hydrogen-bond donors (Lipinski definition) is 3. The molecule has 11 nitrogen and oxygen atoms in total. The summed E-state index contributed by atoms with van der Waals surface area (Å²) >= 11 is 6.26. The molecule has 3 rings (SSSR count). The summed E-state index contributed by atoms with van der Waals surface area (Å²) in [4.78, 5) is 35.3. The minimum absolute atomic E-state index is 0.0782. The second-order valence-electron chi connectivity index (χ2n) is 8.02. The number of piperazine rings is 1. The topological polar surface area (TPSA) is 148 Å². The molecule has 1 aliphatic heterocycles. The molecule has 202 valence electrons. The van der Waals surface area contributed by atoms with E-state index in [1.807, 2.05) is 6.07 Å². The molecule has 1 amide bonds. The number of rotatable bonds is 8. The summed E-state index contributed by atoms with van der Waals surface area (Å²) in [5.41, 5.74) is 0.876. The van der Waals surface area contributed by atoms with E-state index in [1.165, 1.54) is 22.5 Å². The SMILES string of the molecule is CCN1CCN(CC(=O)Nc2cc(S(=O)(=O)N(CC)c3ccccc3)ccc2Cl)CC1.O=C(O)C(=O)O. The Morgan fingerprint density at radius 1 is 0.946 bits per heavy atom. The van der Waals surface area contributed by atoms with Crippen LogP contribution in [0.2, 0.25) is 5.02 Å². The maximum absolute atomic E-state index is 13.2. The number of para-hydroxylation sites is 1. The number of aliphatic carboxylic acids is 2. The molecule has 0 unspecified atom stereocenters. The Hall–Kier alpha value is -3.19. The van der Waals surface area contributed by atoms with Gasteiger partial charge in [-0.3, -0.25) is 14.0 Å². The highest BCUT2D eigenvalue weighted by Crippen LogP contribution is 2.29. The summed E-state index contributed by atoms with van der Waals surface area (Å²) in [6.45, 7) is 8.96. The first kappa shape index (κ1) is 30.0. The van der Waals surface area contributed by atoms with Crippen molar-refractivity contribution in [1.29, 1.82) is 0 Å². The van der Waals surface area contributed by atoms with Crippen LogP contribution in [-0.2, 0) is 24.4 Å². The molecule has 2 aromatic rings. The molecule has 0 aromatic heterocycles. The van der Waals surface area contributed by atoms with Gasteiger partial charge in [0.05, 0.1) is 27.8 Å². The first-order valence-electron chi connectivity index (χ1n) is 11.6. The second-order valence-corrected chi connectivity index (χ2v) is 10.3. The smallest absolute Gasteiger partial charge is 0.414 e. The monoisotopic (exact) mass is 554 g/mol. The van der Waals surface area contributed by atoms with Gasteiger partial charge in [-0.1, -0.05) is 36.7 Å². The van der Waals surface area contributed by atoms with Gasteiger partial charge in [0.15, 0.2) is 0 Å². The highest BCUT2D eigenvalue weighted by Gasteiger charge is 2.25. The minimum Gasteiger partial charge on any atom is -0.473 e. The molecule has 0 saturated carbocycles. The third-order valence-electron chi connectivity index (χ3n) is 5.59. The number of likely N-dealkylation sites (N-methyl/N-ethyl adjacent to an activating group) is 1. The van der Waals surface area contributed by atoms with Crippen LogP contribution in [0.3, 0.4) is 0 Å². The number of amides is 1. The van der Waals surface area contributed by atoms with E-state index in [0.29, 0.717) is 16.4 Å². The van der Waals surface area contributed by atoms with Gasteiger partial charge in [-0.25, -0.2) is 18.0 Å². The van der Waals surface area contributed by atoms with Gasteiger partial charge in [-0.2, -0.15) is 0 Å². The number of benzene rings is 2. The van der Waals surface area contributed by atoms with Crippen LogP contribution in [0.25, 0.3) is 0 Å². The standard InChI is InChI=1S/C22H29ClN4O3S.C2H2O4/c1-3-25-12-14-26(15-13-25)17-22(28)24-21-16-19(10-11-20(21)23)31(29,30)27(4-2)18-8-6-5-7-9-18;3-1(4)2(5)6/h5-11,16H,3-4,12-15,17H2,1-2H3,(H,24,28);(H,3,4)(H,5,6). The highest BCUT2D eigenvalue weighted by atomic mass is 35.5. The van der Waals surface area contributed by atoms with E-state index in [-0.39, 0.29) is 23.9 Å². The summed E-state index contributed by atoms with van der Waals surface area (Å²) in [5, 5.41) is 17.9. The predicted molar refractivity (Wildman–Crippen MR) is 141 cm³/mol. The van der Waals surface area contributed by atoms with Gasteiger partial charge in [0.1, 0.15) is 0 Å². The lowest BCUT2D eigenvalue weighted by molar-refractivity contribution is -0.159. The maximum Gasteiger partial charge on any atom is 0.414 e. The number of carbonyl (C=O) groups excluding carboxylic acids is 1. The molecule has 3 N–H and O–H groups in total. The average molecular weight is 555 g/mol. The van der Waals surface area contributed by atoms with Crippen LogP contribution in [0.5, 0.6) is 0 Å². The van der Waals surface area contributed by atoms with E-state index in [2.05, 4.69) is 22.0 Å². The molecular weight excluding hydrogens is 524 g/mol. The molecule has 37 heavy (non-hydrogen) atoms. The number of nitrogens with zero attached hydrogens (tertiary/aromatic N) is 3. The third-order valence-corrected chi connectivity index (χ3v) is 7.82. The molecule has 0 spiro atoms. The number of anilines is 2. The van der Waals surface area contributed by atoms with Crippen molar-refractivity contribution in [2.75, 3.05) is 55.4 Å². The van der Waals surface area contributed by atoms with Crippen molar-refractivity contribution in [3.63, 3.8) is 0 Å². The Morgan fingerprint density at radius 2 is 1.51 bits per heavy atom. The number of carbonyl (C=O) groups is 3. The van der Waals surface area contributed by atoms with Gasteiger partial charge in [0.2, 0.25) is 5.91 Å². The predicted octanol–water partition coefficient (Wildman–Crippen LogP) is 2.29. The van der Waals surface area contributed by atoms with E-state index in [4.69, 9.17) is 31.4 Å². The molecule has 0 atom stereocenters. The fourth-order valence-electron chi connectivity index (χ4n) is 3.63. The molecule has 0 radical (unpaired) electrons. The number of sulfonamides is 1. The molecular formula is C24H31ClN4O7S. The van der Waals surface area contributed by atoms with Crippen molar-refractivity contribution in [1.82, 2.24) is 9.80 Å². The second kappa shape index (κ2) is 13.9. The molecule has 2 aromatic carbocycles. The summed E-state index contributed by atoms with van der Waals surface area (Å²) < 4.78 is 27.8. The van der Waals surface area contributed by atoms with Crippen LogP contribution in [0.4, 0.5) is 11.4 Å². The Labute approximate surface area is 221 Å². The summed E-state index contributed by atoms with van der Waals surface area (Å²) in [5.74, 6) is -3.86. The normalized spacial score (nSPS) is 14.2. The van der Waals surface area contributed by atoms with Crippen molar-refractivity contribution in [2.24, 2.45) is 0 Å². The minimum atomic E-state index is -3.81. The van der Waals surface area contributed by atoms with Gasteiger partial charge in [-0.05, 0) is 43.8 Å². The van der Waals surface area contributed by atoms with Crippen molar-refractivity contribution in [2.45, 2.75) is 18.7 Å². The van der Waals surface area contributed by atoms with E-state index in [1.54, 1.807) is 31.2 Å². The first-order chi connectivity index (χ1) is 17.5. The van der Waals surface area contributed by atoms with E-state index < -0.39 is 22.0 Å². The molecule has 1 fully saturated rings. The van der Waals surface area contributed by atoms with Gasteiger partial charge < -0.3 is 20.4 Å². The van der Waals surface area contributed by atoms with Crippen LogP contribution in [0, 0.1) is 0 Å². The van der Waals surface area contributed by atoms with Gasteiger partial charge >= 0.3 is 11.9 Å². The van der Waals surface area contributed by atoms with Crippen molar-refractivity contribution in [3.05, 3.63) is 53.6 Å². The lowest BCUT2D eigenvalue weighted by Crippen LogP contribution is -2.48. The number of carboxylic acid groups (broad SMARTS) is 2. The van der Waals surface area contributed by atoms with E-state index >= 15 is 0 Å². The number of carboxylic acids is 2. The number of nitrogens with one attached hydrogen (secondary N) is 1. The van der Waals surface area contributed by atoms with Crippen LogP contribution >= 0.6 is 11.6 Å². The molecule has 0 bridgehead atoms. The fraction of sp³-hybridized carbons (Fsp3) is 0.375. The lowest BCUT2D eigenvalue weighted by Gasteiger charge is -2.33. The summed E-state index contributed by atoms with van der Waals surface area (Å²) in [6.07, 6.45) is 0. The number of hydrogen-bond acceptors (Lipinski definition) is 7. The Kier molecular flexibility index (Phi) is 11.3. The third kappa shape index (κ3) is 8.71.